The monoisotopic (exact) mass is 239 g/mol. The molecule has 16 heavy (non-hydrogen) atoms. The lowest BCUT2D eigenvalue weighted by molar-refractivity contribution is -0.385. The molecule has 0 aromatic heterocycles. The van der Waals surface area contributed by atoms with Gasteiger partial charge in [-0.3, -0.25) is 10.1 Å². The van der Waals surface area contributed by atoms with Gasteiger partial charge in [0.15, 0.2) is 0 Å². The van der Waals surface area contributed by atoms with Gasteiger partial charge >= 0.3 is 0 Å². The van der Waals surface area contributed by atoms with Gasteiger partial charge in [0.2, 0.25) is 0 Å². The van der Waals surface area contributed by atoms with Crippen molar-refractivity contribution in [2.45, 2.75) is 6.42 Å². The van der Waals surface area contributed by atoms with Crippen LogP contribution in [0.3, 0.4) is 0 Å². The SMILES string of the molecule is COc1ccc([N+](=O)[O-])c(C#CCCCl)c1. The summed E-state index contributed by atoms with van der Waals surface area (Å²) in [6.07, 6.45) is 0.496. The quantitative estimate of drug-likeness (QED) is 0.353. The minimum atomic E-state index is -0.468. The molecule has 1 aromatic rings. The highest BCUT2D eigenvalue weighted by molar-refractivity contribution is 6.18. The summed E-state index contributed by atoms with van der Waals surface area (Å²) in [5, 5.41) is 10.7. The Hall–Kier alpha value is -1.73. The molecule has 0 radical (unpaired) electrons. The van der Waals surface area contributed by atoms with Crippen LogP contribution in [0.15, 0.2) is 18.2 Å². The van der Waals surface area contributed by atoms with E-state index in [1.54, 1.807) is 6.07 Å². The zero-order valence-corrected chi connectivity index (χ0v) is 9.45. The Morgan fingerprint density at radius 2 is 2.31 bits per heavy atom. The van der Waals surface area contributed by atoms with Crippen molar-refractivity contribution in [3.63, 3.8) is 0 Å². The molecule has 0 atom stereocenters. The summed E-state index contributed by atoms with van der Waals surface area (Å²) >= 11 is 5.47. The third kappa shape index (κ3) is 3.14. The molecule has 0 aliphatic rings. The number of halogens is 1. The van der Waals surface area contributed by atoms with Gasteiger partial charge in [0.1, 0.15) is 11.3 Å². The average molecular weight is 240 g/mol. The Morgan fingerprint density at radius 1 is 1.56 bits per heavy atom. The molecule has 0 spiro atoms. The molecule has 0 heterocycles. The first-order valence-electron chi connectivity index (χ1n) is 4.56. The van der Waals surface area contributed by atoms with Gasteiger partial charge in [-0.1, -0.05) is 11.8 Å². The highest BCUT2D eigenvalue weighted by Crippen LogP contribution is 2.22. The molecule has 4 nitrogen and oxygen atoms in total. The molecule has 0 fully saturated rings. The van der Waals surface area contributed by atoms with Gasteiger partial charge in [-0.25, -0.2) is 0 Å². The minimum absolute atomic E-state index is 0.0251. The number of ether oxygens (including phenoxy) is 1. The topological polar surface area (TPSA) is 52.4 Å². The van der Waals surface area contributed by atoms with Crippen molar-refractivity contribution in [3.8, 4) is 17.6 Å². The molecule has 1 aromatic carbocycles. The maximum Gasteiger partial charge on any atom is 0.285 e. The number of benzene rings is 1. The largest absolute Gasteiger partial charge is 0.497 e. The molecule has 0 bridgehead atoms. The van der Waals surface area contributed by atoms with Crippen molar-refractivity contribution in [1.82, 2.24) is 0 Å². The first-order chi connectivity index (χ1) is 7.69. The van der Waals surface area contributed by atoms with Crippen molar-refractivity contribution in [2.24, 2.45) is 0 Å². The molecule has 0 amide bonds. The highest BCUT2D eigenvalue weighted by Gasteiger charge is 2.12. The van der Waals surface area contributed by atoms with Gasteiger partial charge < -0.3 is 4.74 Å². The summed E-state index contributed by atoms with van der Waals surface area (Å²) in [5.74, 6) is 6.42. The molecule has 0 saturated carbocycles. The number of hydrogen-bond acceptors (Lipinski definition) is 3. The number of alkyl halides is 1. The predicted octanol–water partition coefficient (Wildman–Crippen LogP) is 2.58. The lowest BCUT2D eigenvalue weighted by Gasteiger charge is -2.00. The molecule has 5 heteroatoms. The standard InChI is InChI=1S/C11H10ClNO3/c1-16-10-5-6-11(13(14)15)9(8-10)4-2-3-7-12/h5-6,8H,3,7H2,1H3. The van der Waals surface area contributed by atoms with Gasteiger partial charge in [-0.2, -0.15) is 0 Å². The van der Waals surface area contributed by atoms with Crippen LogP contribution >= 0.6 is 11.6 Å². The van der Waals surface area contributed by atoms with Gasteiger partial charge in [0.25, 0.3) is 5.69 Å². The van der Waals surface area contributed by atoms with Crippen molar-refractivity contribution in [1.29, 1.82) is 0 Å². The molecule has 84 valence electrons. The van der Waals surface area contributed by atoms with Crippen LogP contribution in [-0.2, 0) is 0 Å². The van der Waals surface area contributed by atoms with E-state index in [1.165, 1.54) is 19.2 Å². The summed E-state index contributed by atoms with van der Waals surface area (Å²) in [6, 6.07) is 4.45. The number of hydrogen-bond donors (Lipinski definition) is 0. The van der Waals surface area contributed by atoms with E-state index < -0.39 is 4.92 Å². The second kappa shape index (κ2) is 5.99. The summed E-state index contributed by atoms with van der Waals surface area (Å²) in [7, 11) is 1.50. The maximum absolute atomic E-state index is 10.7. The Morgan fingerprint density at radius 3 is 2.88 bits per heavy atom. The van der Waals surface area contributed by atoms with Crippen LogP contribution in [0.4, 0.5) is 5.69 Å². The number of nitrogens with zero attached hydrogens (tertiary/aromatic N) is 1. The van der Waals surface area contributed by atoms with Gasteiger partial charge in [-0.15, -0.1) is 11.6 Å². The summed E-state index contributed by atoms with van der Waals surface area (Å²) in [5.41, 5.74) is 0.317. The summed E-state index contributed by atoms with van der Waals surface area (Å²) < 4.78 is 4.98. The molecular weight excluding hydrogens is 230 g/mol. The van der Waals surface area contributed by atoms with E-state index in [4.69, 9.17) is 16.3 Å². The fourth-order valence-electron chi connectivity index (χ4n) is 1.11. The van der Waals surface area contributed by atoms with Crippen LogP contribution < -0.4 is 4.74 Å². The van der Waals surface area contributed by atoms with Crippen LogP contribution in [0, 0.1) is 22.0 Å². The Balaban J connectivity index is 3.11. The van der Waals surface area contributed by atoms with Crippen LogP contribution in [0.25, 0.3) is 0 Å². The second-order valence-corrected chi connectivity index (χ2v) is 3.26. The second-order valence-electron chi connectivity index (χ2n) is 2.88. The predicted molar refractivity (Wildman–Crippen MR) is 61.9 cm³/mol. The summed E-state index contributed by atoms with van der Waals surface area (Å²) in [4.78, 5) is 10.3. The third-order valence-corrected chi connectivity index (χ3v) is 2.03. The summed E-state index contributed by atoms with van der Waals surface area (Å²) in [6.45, 7) is 0. The Bertz CT molecular complexity index is 448. The molecule has 0 aliphatic heterocycles. The molecule has 0 saturated heterocycles. The number of nitro benzene ring substituents is 1. The van der Waals surface area contributed by atoms with Crippen molar-refractivity contribution < 1.29 is 9.66 Å². The normalized spacial score (nSPS) is 9.12. The molecule has 0 N–H and O–H groups in total. The van der Waals surface area contributed by atoms with Crippen LogP contribution in [0.1, 0.15) is 12.0 Å². The molecule has 0 aliphatic carbocycles. The lowest BCUT2D eigenvalue weighted by Crippen LogP contribution is -1.93. The van der Waals surface area contributed by atoms with E-state index in [1.807, 2.05) is 0 Å². The number of rotatable bonds is 3. The van der Waals surface area contributed by atoms with Crippen LogP contribution in [0.2, 0.25) is 0 Å². The molecule has 0 unspecified atom stereocenters. The van der Waals surface area contributed by atoms with E-state index in [-0.39, 0.29) is 5.69 Å². The van der Waals surface area contributed by atoms with Crippen molar-refractivity contribution in [2.75, 3.05) is 13.0 Å². The van der Waals surface area contributed by atoms with E-state index >= 15 is 0 Å². The fraction of sp³-hybridized carbons (Fsp3) is 0.273. The molecule has 1 rings (SSSR count). The first kappa shape index (κ1) is 12.3. The first-order valence-corrected chi connectivity index (χ1v) is 5.09. The zero-order chi connectivity index (χ0) is 12.0. The van der Waals surface area contributed by atoms with Crippen molar-refractivity contribution >= 4 is 17.3 Å². The highest BCUT2D eigenvalue weighted by atomic mass is 35.5. The zero-order valence-electron chi connectivity index (χ0n) is 8.70. The maximum atomic E-state index is 10.7. The smallest absolute Gasteiger partial charge is 0.285 e. The average Bonchev–Trinajstić information content (AvgIpc) is 2.29. The van der Waals surface area contributed by atoms with Crippen LogP contribution in [0.5, 0.6) is 5.75 Å². The third-order valence-electron chi connectivity index (χ3n) is 1.84. The fourth-order valence-corrected chi connectivity index (χ4v) is 1.20. The number of methoxy groups -OCH3 is 1. The van der Waals surface area contributed by atoms with Gasteiger partial charge in [-0.05, 0) is 6.07 Å². The van der Waals surface area contributed by atoms with Gasteiger partial charge in [0.05, 0.1) is 12.0 Å². The number of nitro groups is 1. The molecular formula is C11H10ClNO3. The minimum Gasteiger partial charge on any atom is -0.497 e. The lowest BCUT2D eigenvalue weighted by atomic mass is 10.1. The van der Waals surface area contributed by atoms with Crippen molar-refractivity contribution in [3.05, 3.63) is 33.9 Å². The Labute approximate surface area is 98.3 Å². The Kier molecular flexibility index (Phi) is 4.62. The van der Waals surface area contributed by atoms with E-state index in [2.05, 4.69) is 11.8 Å². The van der Waals surface area contributed by atoms with Crippen LogP contribution in [-0.4, -0.2) is 17.9 Å². The van der Waals surface area contributed by atoms with E-state index in [9.17, 15) is 10.1 Å². The van der Waals surface area contributed by atoms with Gasteiger partial charge in [0, 0.05) is 24.4 Å². The van der Waals surface area contributed by atoms with E-state index in [0.29, 0.717) is 23.6 Å². The van der Waals surface area contributed by atoms with E-state index in [0.717, 1.165) is 0 Å².